The van der Waals surface area contributed by atoms with Crippen LogP contribution in [0.2, 0.25) is 0 Å². The van der Waals surface area contributed by atoms with Crippen LogP contribution in [0.5, 0.6) is 5.75 Å². The van der Waals surface area contributed by atoms with E-state index in [9.17, 15) is 9.79 Å². The average Bonchev–Trinajstić information content (AvgIpc) is 2.57. The molecule has 3 nitrogen and oxygen atoms in total. The fourth-order valence-electron chi connectivity index (χ4n) is 2.33. The Morgan fingerprint density at radius 2 is 0.913 bits per heavy atom. The molecule has 0 bridgehead atoms. The predicted molar refractivity (Wildman–Crippen MR) is 90.6 cm³/mol. The normalized spacial score (nSPS) is 12.5. The first-order chi connectivity index (χ1) is 10.6. The summed E-state index contributed by atoms with van der Waals surface area (Å²) in [4.78, 5) is 22.7. The maximum Gasteiger partial charge on any atom is 0 e. The molecule has 0 radical (unpaired) electrons. The molecule has 23 heavy (non-hydrogen) atoms. The predicted octanol–water partition coefficient (Wildman–Crippen LogP) is 3.00. The largest absolute Gasteiger partial charge is 0 e. The molecule has 0 fully saturated rings. The summed E-state index contributed by atoms with van der Waals surface area (Å²) in [6.45, 7) is 0. The fourth-order valence-corrected chi connectivity index (χ4v) is 4.78. The van der Waals surface area contributed by atoms with E-state index >= 15 is 0 Å². The zero-order valence-corrected chi connectivity index (χ0v) is 14.1. The zero-order valence-electron chi connectivity index (χ0n) is 12.2. The summed E-state index contributed by atoms with van der Waals surface area (Å²) in [5.74, 6) is 0.415. The van der Waals surface area contributed by atoms with E-state index in [2.05, 4.69) is 0 Å². The van der Waals surface area contributed by atoms with Gasteiger partial charge in [0.05, 0.1) is 0 Å². The molecule has 3 aromatic carbocycles. The minimum Gasteiger partial charge on any atom is 0 e. The molecule has 0 saturated heterocycles. The number of benzene rings is 3. The molecule has 122 valence electrons. The van der Waals surface area contributed by atoms with Crippen molar-refractivity contribution in [2.24, 2.45) is 0 Å². The fraction of sp³-hybridized carbons (Fsp3) is 0. The summed E-state index contributed by atoms with van der Waals surface area (Å²) in [6, 6.07) is 26.3. The van der Waals surface area contributed by atoms with Crippen molar-refractivity contribution in [2.45, 2.75) is 0 Å². The van der Waals surface area contributed by atoms with E-state index in [0.29, 0.717) is 16.4 Å². The van der Waals surface area contributed by atoms with Crippen LogP contribution in [-0.4, -0.2) is 9.79 Å². The topological polar surface area (TPSA) is 49.7 Å². The Balaban J connectivity index is 0.00000192. The third-order valence-electron chi connectivity index (χ3n) is 3.46. The molecule has 0 aliphatic heterocycles. The van der Waals surface area contributed by atoms with Gasteiger partial charge in [0.25, 0.3) is 0 Å². The SMILES string of the molecule is OP(O)(Oc1ccccc1)(c1ccccc1)c1ccccc1.[Ni]. The van der Waals surface area contributed by atoms with Gasteiger partial charge in [-0.3, -0.25) is 0 Å². The van der Waals surface area contributed by atoms with Gasteiger partial charge >= 0.3 is 129 Å². The molecule has 0 aliphatic rings. The van der Waals surface area contributed by atoms with Crippen LogP contribution in [0.3, 0.4) is 0 Å². The summed E-state index contributed by atoms with van der Waals surface area (Å²) < 4.78 is 5.80. The second-order valence-electron chi connectivity index (χ2n) is 5.02. The van der Waals surface area contributed by atoms with Crippen molar-refractivity contribution in [1.82, 2.24) is 0 Å². The molecular formula is C18H17NiO3P. The summed E-state index contributed by atoms with van der Waals surface area (Å²) in [6.07, 6.45) is 0. The summed E-state index contributed by atoms with van der Waals surface area (Å²) >= 11 is 0. The number of para-hydroxylation sites is 1. The van der Waals surface area contributed by atoms with Crippen molar-refractivity contribution in [1.29, 1.82) is 0 Å². The minimum atomic E-state index is -4.74. The van der Waals surface area contributed by atoms with Crippen LogP contribution in [-0.2, 0) is 16.5 Å². The number of rotatable bonds is 4. The van der Waals surface area contributed by atoms with E-state index < -0.39 is 7.28 Å². The van der Waals surface area contributed by atoms with Crippen LogP contribution in [0.15, 0.2) is 91.0 Å². The molecule has 0 unspecified atom stereocenters. The summed E-state index contributed by atoms with van der Waals surface area (Å²) in [7, 11) is -4.74. The molecule has 3 rings (SSSR count). The molecular weight excluding hydrogens is 354 g/mol. The monoisotopic (exact) mass is 370 g/mol. The Morgan fingerprint density at radius 1 is 0.565 bits per heavy atom. The number of hydrogen-bond donors (Lipinski definition) is 2. The Bertz CT molecular complexity index is 705. The van der Waals surface area contributed by atoms with Crippen molar-refractivity contribution in [3.63, 3.8) is 0 Å². The van der Waals surface area contributed by atoms with Crippen molar-refractivity contribution in [3.05, 3.63) is 91.0 Å². The van der Waals surface area contributed by atoms with Crippen molar-refractivity contribution in [2.75, 3.05) is 0 Å². The first kappa shape index (κ1) is 17.7. The zero-order chi connectivity index (χ0) is 15.5. The van der Waals surface area contributed by atoms with Crippen LogP contribution in [0.25, 0.3) is 0 Å². The standard InChI is InChI=1S/C18H17O3P.Ni/c19-22(20,17-12-6-2-7-13-17,18-14-8-3-9-15-18)21-16-10-4-1-5-11-16;/h1-15,19-20H;. The molecule has 0 atom stereocenters. The smallest absolute Gasteiger partial charge is 0 e. The number of hydrogen-bond acceptors (Lipinski definition) is 3. The van der Waals surface area contributed by atoms with E-state index in [4.69, 9.17) is 4.52 Å². The van der Waals surface area contributed by atoms with Crippen LogP contribution in [0, 0.1) is 0 Å². The molecule has 0 amide bonds. The molecule has 3 aromatic rings. The van der Waals surface area contributed by atoms with Gasteiger partial charge in [-0.05, 0) is 0 Å². The first-order valence-electron chi connectivity index (χ1n) is 6.97. The van der Waals surface area contributed by atoms with Gasteiger partial charge in [0, 0.05) is 16.5 Å². The van der Waals surface area contributed by atoms with Gasteiger partial charge < -0.3 is 0 Å². The van der Waals surface area contributed by atoms with Gasteiger partial charge in [-0.25, -0.2) is 0 Å². The van der Waals surface area contributed by atoms with Crippen LogP contribution >= 0.6 is 7.28 Å². The molecule has 0 heterocycles. The molecule has 2 N–H and O–H groups in total. The Morgan fingerprint density at radius 3 is 1.30 bits per heavy atom. The van der Waals surface area contributed by atoms with Gasteiger partial charge in [-0.2, -0.15) is 0 Å². The maximum absolute atomic E-state index is 11.3. The first-order valence-corrected chi connectivity index (χ1v) is 9.03. The average molecular weight is 371 g/mol. The van der Waals surface area contributed by atoms with Gasteiger partial charge in [-0.15, -0.1) is 0 Å². The molecule has 5 heteroatoms. The van der Waals surface area contributed by atoms with Gasteiger partial charge in [0.1, 0.15) is 0 Å². The molecule has 0 aromatic heterocycles. The van der Waals surface area contributed by atoms with Crippen molar-refractivity contribution >= 4 is 17.9 Å². The van der Waals surface area contributed by atoms with E-state index in [-0.39, 0.29) is 16.5 Å². The van der Waals surface area contributed by atoms with Crippen LogP contribution < -0.4 is 15.1 Å². The van der Waals surface area contributed by atoms with Gasteiger partial charge in [0.15, 0.2) is 0 Å². The van der Waals surface area contributed by atoms with E-state index in [1.165, 1.54) is 0 Å². The third kappa shape index (κ3) is 3.47. The van der Waals surface area contributed by atoms with Crippen molar-refractivity contribution < 1.29 is 30.8 Å². The Labute approximate surface area is 145 Å². The van der Waals surface area contributed by atoms with Crippen molar-refractivity contribution in [3.8, 4) is 5.75 Å². The van der Waals surface area contributed by atoms with Crippen LogP contribution in [0.1, 0.15) is 0 Å². The van der Waals surface area contributed by atoms with Gasteiger partial charge in [0.2, 0.25) is 0 Å². The van der Waals surface area contributed by atoms with E-state index in [0.717, 1.165) is 0 Å². The molecule has 0 saturated carbocycles. The third-order valence-corrected chi connectivity index (χ3v) is 6.48. The van der Waals surface area contributed by atoms with Crippen LogP contribution in [0.4, 0.5) is 0 Å². The quantitative estimate of drug-likeness (QED) is 0.548. The Kier molecular flexibility index (Phi) is 5.24. The Hall–Kier alpha value is -1.70. The second kappa shape index (κ2) is 6.82. The summed E-state index contributed by atoms with van der Waals surface area (Å²) in [5, 5.41) is 0.729. The maximum atomic E-state index is 11.3. The van der Waals surface area contributed by atoms with Gasteiger partial charge in [-0.1, -0.05) is 0 Å². The minimum absolute atomic E-state index is 0. The summed E-state index contributed by atoms with van der Waals surface area (Å²) in [5.41, 5.74) is 0. The van der Waals surface area contributed by atoms with E-state index in [1.807, 2.05) is 18.2 Å². The molecule has 0 spiro atoms. The second-order valence-corrected chi connectivity index (χ2v) is 8.13. The van der Waals surface area contributed by atoms with E-state index in [1.54, 1.807) is 72.8 Å². The molecule has 0 aliphatic carbocycles.